The maximum Gasteiger partial charge on any atom is 0.338 e. The molecular formula is C13H16N2O3. The quantitative estimate of drug-likeness (QED) is 0.595. The van der Waals surface area contributed by atoms with Crippen LogP contribution in [0.5, 0.6) is 0 Å². The van der Waals surface area contributed by atoms with Gasteiger partial charge < -0.3 is 9.64 Å². The molecule has 0 spiro atoms. The van der Waals surface area contributed by atoms with E-state index in [2.05, 4.69) is 4.98 Å². The molecule has 0 saturated carbocycles. The molecule has 0 unspecified atom stereocenters. The Morgan fingerprint density at radius 1 is 1.50 bits per heavy atom. The second-order valence-electron chi connectivity index (χ2n) is 4.43. The molecule has 1 fully saturated rings. The van der Waals surface area contributed by atoms with Crippen molar-refractivity contribution in [3.8, 4) is 0 Å². The Balaban J connectivity index is 1.90. The molecule has 2 heterocycles. The molecule has 5 nitrogen and oxygen atoms in total. The maximum atomic E-state index is 11.9. The Kier molecular flexibility index (Phi) is 3.92. The molecule has 0 bridgehead atoms. The van der Waals surface area contributed by atoms with Gasteiger partial charge in [-0.1, -0.05) is 0 Å². The van der Waals surface area contributed by atoms with E-state index in [1.807, 2.05) is 6.92 Å². The summed E-state index contributed by atoms with van der Waals surface area (Å²) in [4.78, 5) is 28.2. The lowest BCUT2D eigenvalue weighted by Gasteiger charge is -2.28. The van der Waals surface area contributed by atoms with Crippen LogP contribution in [-0.2, 0) is 9.53 Å². The first-order valence-corrected chi connectivity index (χ1v) is 6.02. The zero-order chi connectivity index (χ0) is 13.0. The van der Waals surface area contributed by atoms with Gasteiger partial charge in [0.15, 0.2) is 0 Å². The van der Waals surface area contributed by atoms with Crippen molar-refractivity contribution in [2.45, 2.75) is 25.9 Å². The third-order valence-corrected chi connectivity index (χ3v) is 3.03. The molecular weight excluding hydrogens is 232 g/mol. The highest BCUT2D eigenvalue weighted by molar-refractivity contribution is 5.89. The number of nitrogens with zero attached hydrogens (tertiary/aromatic N) is 2. The van der Waals surface area contributed by atoms with Gasteiger partial charge in [0.25, 0.3) is 0 Å². The standard InChI is InChI=1S/C13H16N2O3/c1-10-8-11(2-5-14-10)13(17)18-12-3-6-15(9-16)7-4-12/h2,5,8-9,12H,3-4,6-7H2,1H3. The van der Waals surface area contributed by atoms with E-state index in [1.165, 1.54) is 0 Å². The summed E-state index contributed by atoms with van der Waals surface area (Å²) in [6, 6.07) is 3.36. The highest BCUT2D eigenvalue weighted by Gasteiger charge is 2.22. The lowest BCUT2D eigenvalue weighted by Crippen LogP contribution is -2.36. The van der Waals surface area contributed by atoms with E-state index in [1.54, 1.807) is 23.2 Å². The second kappa shape index (κ2) is 5.62. The number of piperidine rings is 1. The van der Waals surface area contributed by atoms with Crippen molar-refractivity contribution in [3.05, 3.63) is 29.6 Å². The van der Waals surface area contributed by atoms with Crippen LogP contribution < -0.4 is 0 Å². The number of esters is 1. The molecule has 0 aromatic carbocycles. The number of carbonyl (C=O) groups excluding carboxylic acids is 2. The highest BCUT2D eigenvalue weighted by Crippen LogP contribution is 2.14. The molecule has 1 aromatic heterocycles. The molecule has 2 rings (SSSR count). The summed E-state index contributed by atoms with van der Waals surface area (Å²) in [6.07, 6.45) is 3.75. The molecule has 1 aliphatic rings. The number of rotatable bonds is 3. The normalized spacial score (nSPS) is 16.4. The van der Waals surface area contributed by atoms with Crippen molar-refractivity contribution in [1.82, 2.24) is 9.88 Å². The van der Waals surface area contributed by atoms with Crippen LogP contribution in [0.1, 0.15) is 28.9 Å². The van der Waals surface area contributed by atoms with Crippen molar-refractivity contribution in [3.63, 3.8) is 0 Å². The molecule has 5 heteroatoms. The molecule has 1 aromatic rings. The largest absolute Gasteiger partial charge is 0.459 e. The lowest BCUT2D eigenvalue weighted by atomic mass is 10.1. The minimum Gasteiger partial charge on any atom is -0.459 e. The topological polar surface area (TPSA) is 59.5 Å². The van der Waals surface area contributed by atoms with Crippen LogP contribution in [-0.4, -0.2) is 41.5 Å². The van der Waals surface area contributed by atoms with Gasteiger partial charge in [0, 0.05) is 37.8 Å². The molecule has 1 saturated heterocycles. The molecule has 96 valence electrons. The van der Waals surface area contributed by atoms with Crippen LogP contribution in [0.15, 0.2) is 18.3 Å². The number of carbonyl (C=O) groups is 2. The molecule has 0 atom stereocenters. The average Bonchev–Trinajstić information content (AvgIpc) is 2.39. The Hall–Kier alpha value is -1.91. The van der Waals surface area contributed by atoms with Crippen molar-refractivity contribution < 1.29 is 14.3 Å². The van der Waals surface area contributed by atoms with Gasteiger partial charge in [-0.15, -0.1) is 0 Å². The fourth-order valence-electron chi connectivity index (χ4n) is 1.99. The zero-order valence-corrected chi connectivity index (χ0v) is 10.3. The first-order chi connectivity index (χ1) is 8.69. The summed E-state index contributed by atoms with van der Waals surface area (Å²) in [5.74, 6) is -0.315. The van der Waals surface area contributed by atoms with Gasteiger partial charge in [-0.25, -0.2) is 4.79 Å². The number of ether oxygens (including phenoxy) is 1. The Morgan fingerprint density at radius 2 is 2.22 bits per heavy atom. The van der Waals surface area contributed by atoms with E-state index in [9.17, 15) is 9.59 Å². The number of aromatic nitrogens is 1. The second-order valence-corrected chi connectivity index (χ2v) is 4.43. The van der Waals surface area contributed by atoms with Crippen LogP contribution in [0.2, 0.25) is 0 Å². The SMILES string of the molecule is Cc1cc(C(=O)OC2CCN(C=O)CC2)ccn1. The highest BCUT2D eigenvalue weighted by atomic mass is 16.5. The van der Waals surface area contributed by atoms with E-state index in [-0.39, 0.29) is 12.1 Å². The number of amides is 1. The lowest BCUT2D eigenvalue weighted by molar-refractivity contribution is -0.120. The van der Waals surface area contributed by atoms with Gasteiger partial charge in [0.05, 0.1) is 5.56 Å². The van der Waals surface area contributed by atoms with Gasteiger partial charge in [-0.2, -0.15) is 0 Å². The number of aryl methyl sites for hydroxylation is 1. The van der Waals surface area contributed by atoms with E-state index >= 15 is 0 Å². The summed E-state index contributed by atoms with van der Waals surface area (Å²) in [7, 11) is 0. The third-order valence-electron chi connectivity index (χ3n) is 3.03. The summed E-state index contributed by atoms with van der Waals surface area (Å²) in [6.45, 7) is 3.13. The van der Waals surface area contributed by atoms with E-state index in [4.69, 9.17) is 4.74 Å². The summed E-state index contributed by atoms with van der Waals surface area (Å²) in [5, 5.41) is 0. The number of pyridine rings is 1. The first kappa shape index (κ1) is 12.5. The fourth-order valence-corrected chi connectivity index (χ4v) is 1.99. The van der Waals surface area contributed by atoms with Gasteiger partial charge in [0.1, 0.15) is 6.10 Å². The predicted octanol–water partition coefficient (Wildman–Crippen LogP) is 1.17. The molecule has 1 aliphatic heterocycles. The number of hydrogen-bond acceptors (Lipinski definition) is 4. The summed E-state index contributed by atoms with van der Waals surface area (Å²) >= 11 is 0. The minimum absolute atomic E-state index is 0.0952. The van der Waals surface area contributed by atoms with Gasteiger partial charge >= 0.3 is 5.97 Å². The fraction of sp³-hybridized carbons (Fsp3) is 0.462. The maximum absolute atomic E-state index is 11.9. The smallest absolute Gasteiger partial charge is 0.338 e. The van der Waals surface area contributed by atoms with Crippen molar-refractivity contribution in [2.24, 2.45) is 0 Å². The van der Waals surface area contributed by atoms with Crippen LogP contribution in [0, 0.1) is 6.92 Å². The van der Waals surface area contributed by atoms with Crippen LogP contribution in [0.4, 0.5) is 0 Å². The number of likely N-dealkylation sites (tertiary alicyclic amines) is 1. The average molecular weight is 248 g/mol. The van der Waals surface area contributed by atoms with Crippen LogP contribution >= 0.6 is 0 Å². The molecule has 18 heavy (non-hydrogen) atoms. The van der Waals surface area contributed by atoms with Crippen LogP contribution in [0.3, 0.4) is 0 Å². The van der Waals surface area contributed by atoms with Gasteiger partial charge in [-0.3, -0.25) is 9.78 Å². The Labute approximate surface area is 106 Å². The molecule has 0 N–H and O–H groups in total. The van der Waals surface area contributed by atoms with Crippen molar-refractivity contribution >= 4 is 12.4 Å². The monoisotopic (exact) mass is 248 g/mol. The van der Waals surface area contributed by atoms with Gasteiger partial charge in [-0.05, 0) is 19.1 Å². The predicted molar refractivity (Wildman–Crippen MR) is 65.0 cm³/mol. The summed E-state index contributed by atoms with van der Waals surface area (Å²) < 4.78 is 5.42. The van der Waals surface area contributed by atoms with Crippen molar-refractivity contribution in [2.75, 3.05) is 13.1 Å². The van der Waals surface area contributed by atoms with E-state index in [0.717, 1.165) is 12.1 Å². The van der Waals surface area contributed by atoms with E-state index < -0.39 is 0 Å². The Morgan fingerprint density at radius 3 is 2.83 bits per heavy atom. The molecule has 0 aliphatic carbocycles. The summed E-state index contributed by atoms with van der Waals surface area (Å²) in [5.41, 5.74) is 1.32. The van der Waals surface area contributed by atoms with Crippen molar-refractivity contribution in [1.29, 1.82) is 0 Å². The third kappa shape index (κ3) is 3.06. The Bertz CT molecular complexity index is 440. The van der Waals surface area contributed by atoms with E-state index in [0.29, 0.717) is 31.5 Å². The molecule has 1 amide bonds. The molecule has 0 radical (unpaired) electrons. The minimum atomic E-state index is -0.315. The first-order valence-electron chi connectivity index (χ1n) is 6.02. The number of hydrogen-bond donors (Lipinski definition) is 0. The van der Waals surface area contributed by atoms with Gasteiger partial charge in [0.2, 0.25) is 6.41 Å². The van der Waals surface area contributed by atoms with Crippen LogP contribution in [0.25, 0.3) is 0 Å². The zero-order valence-electron chi connectivity index (χ0n) is 10.3.